The topological polar surface area (TPSA) is 187 Å². The number of nitrogens with one attached hydrogen (secondary N) is 3. The molecule has 3 aliphatic heterocycles. The predicted molar refractivity (Wildman–Crippen MR) is 247 cm³/mol. The molecule has 0 saturated carbocycles. The van der Waals surface area contributed by atoms with Crippen molar-refractivity contribution in [3.63, 3.8) is 0 Å². The third kappa shape index (κ3) is 8.77. The molecule has 4 aromatic carbocycles. The van der Waals surface area contributed by atoms with Gasteiger partial charge in [0, 0.05) is 51.4 Å². The smallest absolute Gasteiger partial charge is 0.294 e. The van der Waals surface area contributed by atoms with Crippen LogP contribution >= 0.6 is 0 Å². The molecular weight excluding hydrogens is 835 g/mol. The van der Waals surface area contributed by atoms with Crippen LogP contribution in [0.4, 0.5) is 0 Å². The van der Waals surface area contributed by atoms with Crippen LogP contribution in [0, 0.1) is 0 Å². The summed E-state index contributed by atoms with van der Waals surface area (Å²) >= 11 is 0. The first-order valence-corrected chi connectivity index (χ1v) is 23.3. The summed E-state index contributed by atoms with van der Waals surface area (Å²) in [6.07, 6.45) is 7.87. The largest absolute Gasteiger partial charge is 0.367 e. The number of nitrogens with zero attached hydrogens (tertiary/aromatic N) is 2. The molecule has 1 fully saturated rings. The summed E-state index contributed by atoms with van der Waals surface area (Å²) in [5, 5.41) is 3.18. The highest BCUT2D eigenvalue weighted by molar-refractivity contribution is 7.86. The zero-order valence-corrected chi connectivity index (χ0v) is 35.7. The van der Waals surface area contributed by atoms with Crippen LogP contribution in [0.15, 0.2) is 143 Å². The summed E-state index contributed by atoms with van der Waals surface area (Å²) in [5.74, 6) is 0. The van der Waals surface area contributed by atoms with E-state index in [4.69, 9.17) is 14.7 Å². The lowest BCUT2D eigenvalue weighted by Crippen LogP contribution is -2.22. The van der Waals surface area contributed by atoms with Crippen molar-refractivity contribution in [3.8, 4) is 44.5 Å². The Bertz CT molecular complexity index is 3050. The van der Waals surface area contributed by atoms with Gasteiger partial charge >= 0.3 is 0 Å². The molecule has 3 aliphatic rings. The highest BCUT2D eigenvalue weighted by Gasteiger charge is 2.22. The van der Waals surface area contributed by atoms with E-state index in [1.54, 1.807) is 31.4 Å². The summed E-state index contributed by atoms with van der Waals surface area (Å²) < 4.78 is 72.4. The molecule has 0 aliphatic carbocycles. The third-order valence-corrected chi connectivity index (χ3v) is 13.1. The number of hydrogen-bond acceptors (Lipinski definition) is 8. The lowest BCUT2D eigenvalue weighted by atomic mass is 10.0. The SMILES string of the molecule is COC1CCCN1.O=S(=O)(O)c1ccc(-c2c3nc(c(-c4ccc(S(=O)(=O)O)cc4)c4ccc([nH]4)c(-c4ccccc4)c4nc(c(-c5ccccc5)c5ccc2[nH]5)C=C4)CC3)cc1. The highest BCUT2D eigenvalue weighted by Crippen LogP contribution is 2.38. The second-order valence-electron chi connectivity index (χ2n) is 15.3. The summed E-state index contributed by atoms with van der Waals surface area (Å²) in [7, 11) is -7.11. The molecule has 1 saturated heterocycles. The fraction of sp³-hybridized carbons (Fsp3) is 0.143. The minimum absolute atomic E-state index is 0.223. The average Bonchev–Trinajstić information content (AvgIpc) is 4.15. The molecule has 5 N–H and O–H groups in total. The Morgan fingerprint density at radius 3 is 1.27 bits per heavy atom. The second kappa shape index (κ2) is 17.3. The van der Waals surface area contributed by atoms with Crippen LogP contribution in [0.5, 0.6) is 0 Å². The number of rotatable bonds is 7. The summed E-state index contributed by atoms with van der Waals surface area (Å²) in [6, 6.07) is 40.1. The summed E-state index contributed by atoms with van der Waals surface area (Å²) in [4.78, 5) is 17.4. The van der Waals surface area contributed by atoms with E-state index in [0.717, 1.165) is 84.8 Å². The number of methoxy groups -OCH3 is 1. The molecule has 8 bridgehead atoms. The van der Waals surface area contributed by atoms with Crippen molar-refractivity contribution in [2.24, 2.45) is 0 Å². The van der Waals surface area contributed by atoms with Crippen LogP contribution in [0.1, 0.15) is 35.6 Å². The van der Waals surface area contributed by atoms with Gasteiger partial charge in [-0.05, 0) is 115 Å². The van der Waals surface area contributed by atoms with E-state index in [9.17, 15) is 25.9 Å². The number of hydrogen-bond donors (Lipinski definition) is 5. The van der Waals surface area contributed by atoms with Crippen molar-refractivity contribution in [2.45, 2.75) is 41.7 Å². The highest BCUT2D eigenvalue weighted by atomic mass is 32.2. The molecule has 7 aromatic rings. The predicted octanol–water partition coefficient (Wildman–Crippen LogP) is 9.77. The average molecular weight is 878 g/mol. The van der Waals surface area contributed by atoms with Crippen molar-refractivity contribution in [1.82, 2.24) is 25.3 Å². The molecule has 12 nitrogen and oxygen atoms in total. The van der Waals surface area contributed by atoms with Gasteiger partial charge in [-0.1, -0.05) is 84.9 Å². The lowest BCUT2D eigenvalue weighted by molar-refractivity contribution is 0.0912. The first kappa shape index (κ1) is 41.8. The molecule has 1 atom stereocenters. The van der Waals surface area contributed by atoms with Crippen LogP contribution in [-0.4, -0.2) is 65.8 Å². The maximum Gasteiger partial charge on any atom is 0.294 e. The van der Waals surface area contributed by atoms with E-state index in [1.165, 1.54) is 37.1 Å². The minimum atomic E-state index is -4.42. The van der Waals surface area contributed by atoms with Gasteiger partial charge in [-0.25, -0.2) is 4.98 Å². The van der Waals surface area contributed by atoms with Crippen molar-refractivity contribution >= 4 is 54.5 Å². The quantitative estimate of drug-likeness (QED) is 0.0965. The monoisotopic (exact) mass is 877 g/mol. The van der Waals surface area contributed by atoms with E-state index in [0.29, 0.717) is 30.2 Å². The van der Waals surface area contributed by atoms with Crippen molar-refractivity contribution < 1.29 is 30.7 Å². The Morgan fingerprint density at radius 2 is 0.921 bits per heavy atom. The number of aromatic amines is 2. The van der Waals surface area contributed by atoms with Crippen LogP contribution in [0.3, 0.4) is 0 Å². The summed E-state index contributed by atoms with van der Waals surface area (Å²) in [6.45, 7) is 1.12. The van der Waals surface area contributed by atoms with Crippen molar-refractivity contribution in [1.29, 1.82) is 0 Å². The number of benzene rings is 4. The molecule has 63 heavy (non-hydrogen) atoms. The van der Waals surface area contributed by atoms with Gasteiger partial charge in [0.25, 0.3) is 20.2 Å². The van der Waals surface area contributed by atoms with Crippen LogP contribution in [-0.2, 0) is 37.8 Å². The molecule has 3 aromatic heterocycles. The molecule has 10 rings (SSSR count). The molecular formula is C49H43N5O7S2. The Morgan fingerprint density at radius 1 is 0.524 bits per heavy atom. The molecule has 0 amide bonds. The number of fused-ring (bicyclic) bond motifs is 8. The van der Waals surface area contributed by atoms with Crippen molar-refractivity contribution in [2.75, 3.05) is 13.7 Å². The van der Waals surface area contributed by atoms with Gasteiger partial charge in [0.1, 0.15) is 6.23 Å². The van der Waals surface area contributed by atoms with Gasteiger partial charge < -0.3 is 14.7 Å². The maximum absolute atomic E-state index is 12.0. The standard InChI is InChI=1S/C44H32N4O6S2.C5H11NO/c49-55(50,51)31-15-11-29(12-16-31)43-37-23-21-35(46-37)41(27-7-3-1-4-8-27)33-19-20-34(45-33)42(28-9-5-2-6-10-28)36-22-24-38(47-36)44(40-26-25-39(43)48-40)30-13-17-32(18-14-30)56(52,53)54;1-7-5-3-2-4-6-5/h1-24,46-47H,25-26H2,(H,49,50,51)(H,52,53,54);5-6H,2-4H2,1H3. The Labute approximate surface area is 364 Å². The van der Waals surface area contributed by atoms with Gasteiger partial charge in [-0.3, -0.25) is 19.4 Å². The van der Waals surface area contributed by atoms with Gasteiger partial charge in [-0.2, -0.15) is 16.8 Å². The van der Waals surface area contributed by atoms with Gasteiger partial charge in [-0.15, -0.1) is 0 Å². The van der Waals surface area contributed by atoms with Gasteiger partial charge in [0.2, 0.25) is 0 Å². The van der Waals surface area contributed by atoms with Crippen LogP contribution in [0.2, 0.25) is 0 Å². The van der Waals surface area contributed by atoms with Gasteiger partial charge in [0.15, 0.2) is 0 Å². The molecule has 0 spiro atoms. The number of H-pyrrole nitrogens is 2. The second-order valence-corrected chi connectivity index (χ2v) is 18.2. The summed E-state index contributed by atoms with van der Waals surface area (Å²) in [5.41, 5.74) is 12.7. The molecule has 1 unspecified atom stereocenters. The fourth-order valence-corrected chi connectivity index (χ4v) is 9.34. The zero-order valence-electron chi connectivity index (χ0n) is 34.1. The Hall–Kier alpha value is -6.52. The molecule has 318 valence electrons. The fourth-order valence-electron chi connectivity index (χ4n) is 8.38. The zero-order chi connectivity index (χ0) is 43.7. The molecule has 0 radical (unpaired) electrons. The lowest BCUT2D eigenvalue weighted by Gasteiger charge is -2.07. The van der Waals surface area contributed by atoms with Crippen molar-refractivity contribution in [3.05, 3.63) is 156 Å². The van der Waals surface area contributed by atoms with E-state index in [-0.39, 0.29) is 9.79 Å². The van der Waals surface area contributed by atoms with Gasteiger partial charge in [0.05, 0.1) is 32.6 Å². The number of ether oxygens (including phenoxy) is 1. The van der Waals surface area contributed by atoms with E-state index in [1.807, 2.05) is 97.1 Å². The number of aryl methyl sites for hydroxylation is 2. The Balaban J connectivity index is 0.000000658. The first-order chi connectivity index (χ1) is 30.4. The Kier molecular flexibility index (Phi) is 11.5. The number of aromatic nitrogens is 4. The van der Waals surface area contributed by atoms with Crippen LogP contribution < -0.4 is 5.32 Å². The first-order valence-electron chi connectivity index (χ1n) is 20.4. The van der Waals surface area contributed by atoms with E-state index in [2.05, 4.69) is 15.3 Å². The van der Waals surface area contributed by atoms with E-state index < -0.39 is 20.2 Å². The molecule has 14 heteroatoms. The van der Waals surface area contributed by atoms with E-state index >= 15 is 0 Å². The third-order valence-electron chi connectivity index (χ3n) is 11.4. The van der Waals surface area contributed by atoms with Crippen LogP contribution in [0.25, 0.3) is 78.7 Å². The minimum Gasteiger partial charge on any atom is -0.367 e. The maximum atomic E-state index is 12.0. The normalized spacial score (nSPS) is 14.9. The molecule has 6 heterocycles.